The molecule has 17 heavy (non-hydrogen) atoms. The first-order chi connectivity index (χ1) is 8.15. The summed E-state index contributed by atoms with van der Waals surface area (Å²) in [4.78, 5) is 22.1. The summed E-state index contributed by atoms with van der Waals surface area (Å²) in [5.74, 6) is -1.31. The van der Waals surface area contributed by atoms with Crippen LogP contribution in [0.25, 0.3) is 0 Å². The van der Waals surface area contributed by atoms with Crippen molar-refractivity contribution in [2.24, 2.45) is 10.2 Å². The summed E-state index contributed by atoms with van der Waals surface area (Å²) in [5.41, 5.74) is 1.02. The Morgan fingerprint density at radius 3 is 2.71 bits per heavy atom. The summed E-state index contributed by atoms with van der Waals surface area (Å²) >= 11 is 1.04. The second-order valence-corrected chi connectivity index (χ2v) is 5.17. The Labute approximate surface area is 103 Å². The summed E-state index contributed by atoms with van der Waals surface area (Å²) < 4.78 is 0. The van der Waals surface area contributed by atoms with Gasteiger partial charge in [0, 0.05) is 12.1 Å². The van der Waals surface area contributed by atoms with E-state index in [4.69, 9.17) is 5.11 Å². The van der Waals surface area contributed by atoms with E-state index >= 15 is 0 Å². The lowest BCUT2D eigenvalue weighted by Crippen LogP contribution is -2.40. The van der Waals surface area contributed by atoms with Gasteiger partial charge in [0.05, 0.1) is 0 Å². The van der Waals surface area contributed by atoms with Crippen LogP contribution in [0.15, 0.2) is 10.2 Å². The van der Waals surface area contributed by atoms with Crippen LogP contribution in [0.4, 0.5) is 0 Å². The molecule has 7 heteroatoms. The maximum absolute atomic E-state index is 11.3. The fourth-order valence-corrected chi connectivity index (χ4v) is 2.60. The van der Waals surface area contributed by atoms with Crippen molar-refractivity contribution in [1.29, 1.82) is 0 Å². The maximum Gasteiger partial charge on any atom is 0.317 e. The highest BCUT2D eigenvalue weighted by molar-refractivity contribution is 8.15. The normalized spacial score (nSPS) is 27.1. The largest absolute Gasteiger partial charge is 0.480 e. The maximum atomic E-state index is 11.3. The topological polar surface area (TPSA) is 91.1 Å². The van der Waals surface area contributed by atoms with Gasteiger partial charge in [0.25, 0.3) is 0 Å². The molecule has 6 nitrogen and oxygen atoms in total. The van der Waals surface area contributed by atoms with Crippen molar-refractivity contribution in [3.05, 3.63) is 0 Å². The van der Waals surface area contributed by atoms with Crippen LogP contribution < -0.4 is 5.32 Å². The number of carbonyl (C=O) groups is 2. The molecule has 1 heterocycles. The van der Waals surface area contributed by atoms with E-state index in [1.807, 2.05) is 0 Å². The molecule has 2 N–H and O–H groups in total. The molecule has 0 radical (unpaired) electrons. The van der Waals surface area contributed by atoms with Crippen molar-refractivity contribution < 1.29 is 14.7 Å². The molecule has 0 unspecified atom stereocenters. The number of amidine groups is 1. The zero-order valence-corrected chi connectivity index (χ0v) is 10.00. The van der Waals surface area contributed by atoms with Gasteiger partial charge in [-0.25, -0.2) is 0 Å². The second-order valence-electron chi connectivity index (χ2n) is 3.98. The number of carbonyl (C=O) groups excluding carboxylic acids is 1. The van der Waals surface area contributed by atoms with E-state index in [1.165, 1.54) is 0 Å². The highest BCUT2D eigenvalue weighted by Crippen LogP contribution is 2.21. The summed E-state index contributed by atoms with van der Waals surface area (Å²) in [6.45, 7) is 0. The Kier molecular flexibility index (Phi) is 3.78. The number of hydrogen-bond acceptors (Lipinski definition) is 5. The number of carboxylic acid groups (broad SMARTS) is 1. The highest BCUT2D eigenvalue weighted by atomic mass is 32.2. The molecule has 0 aromatic rings. The first-order valence-corrected chi connectivity index (χ1v) is 6.36. The van der Waals surface area contributed by atoms with Gasteiger partial charge in [-0.3, -0.25) is 9.59 Å². The van der Waals surface area contributed by atoms with Crippen LogP contribution in [0.2, 0.25) is 0 Å². The molecule has 0 aromatic carbocycles. The van der Waals surface area contributed by atoms with Crippen molar-refractivity contribution in [1.82, 2.24) is 5.32 Å². The minimum atomic E-state index is -0.994. The number of rotatable bonds is 2. The molecule has 0 bridgehead atoms. The number of thioether (sulfide) groups is 1. The minimum Gasteiger partial charge on any atom is -0.480 e. The number of hydrogen-bond donors (Lipinski definition) is 2. The molecular weight excluding hydrogens is 242 g/mol. The lowest BCUT2D eigenvalue weighted by molar-refractivity contribution is -0.138. The molecule has 0 spiro atoms. The van der Waals surface area contributed by atoms with Gasteiger partial charge >= 0.3 is 5.97 Å². The molecule has 1 aliphatic carbocycles. The quantitative estimate of drug-likeness (QED) is 0.719. The lowest BCUT2D eigenvalue weighted by Gasteiger charge is -2.18. The van der Waals surface area contributed by atoms with Gasteiger partial charge in [-0.1, -0.05) is 11.8 Å². The third-order valence-corrected chi connectivity index (χ3v) is 3.67. The van der Waals surface area contributed by atoms with Crippen molar-refractivity contribution in [3.8, 4) is 0 Å². The molecule has 92 valence electrons. The Morgan fingerprint density at radius 1 is 1.35 bits per heavy atom. The van der Waals surface area contributed by atoms with Crippen molar-refractivity contribution in [3.63, 3.8) is 0 Å². The third-order valence-electron chi connectivity index (χ3n) is 2.61. The predicted octanol–water partition coefficient (Wildman–Crippen LogP) is 0.979. The first kappa shape index (κ1) is 12.1. The molecule has 1 saturated carbocycles. The van der Waals surface area contributed by atoms with Crippen LogP contribution in [-0.4, -0.2) is 33.1 Å². The van der Waals surface area contributed by atoms with Crippen molar-refractivity contribution in [2.45, 2.75) is 37.4 Å². The summed E-state index contributed by atoms with van der Waals surface area (Å²) in [7, 11) is 0. The smallest absolute Gasteiger partial charge is 0.317 e. The van der Waals surface area contributed by atoms with Gasteiger partial charge in [-0.05, 0) is 25.7 Å². The third kappa shape index (κ3) is 3.29. The van der Waals surface area contributed by atoms with Gasteiger partial charge in [-0.15, -0.1) is 5.10 Å². The molecule has 1 amide bonds. The van der Waals surface area contributed by atoms with E-state index in [-0.39, 0.29) is 17.5 Å². The van der Waals surface area contributed by atoms with Gasteiger partial charge in [0.2, 0.25) is 5.91 Å². The summed E-state index contributed by atoms with van der Waals surface area (Å²) in [6, 6.07) is 0. The van der Waals surface area contributed by atoms with E-state index in [9.17, 15) is 9.59 Å². The number of nitrogens with one attached hydrogen (secondary N) is 1. The Bertz CT molecular complexity index is 398. The zero-order valence-electron chi connectivity index (χ0n) is 9.18. The zero-order chi connectivity index (χ0) is 12.3. The van der Waals surface area contributed by atoms with E-state index < -0.39 is 11.2 Å². The van der Waals surface area contributed by atoms with Crippen LogP contribution in [0.1, 0.15) is 32.1 Å². The van der Waals surface area contributed by atoms with Crippen LogP contribution in [0.3, 0.4) is 0 Å². The SMILES string of the molecule is O=C1C[C@@H](C(=O)O)SC(=NN=C2CCCC2)N1. The first-order valence-electron chi connectivity index (χ1n) is 5.48. The average Bonchev–Trinajstić information content (AvgIpc) is 2.78. The van der Waals surface area contributed by atoms with Crippen LogP contribution in [-0.2, 0) is 9.59 Å². The molecule has 1 aliphatic heterocycles. The average molecular weight is 255 g/mol. The number of amides is 1. The molecule has 2 aliphatic rings. The van der Waals surface area contributed by atoms with Crippen LogP contribution >= 0.6 is 11.8 Å². The minimum absolute atomic E-state index is 0.0183. The Balaban J connectivity index is 2.04. The van der Waals surface area contributed by atoms with Crippen molar-refractivity contribution >= 4 is 34.5 Å². The summed E-state index contributed by atoms with van der Waals surface area (Å²) in [5, 5.41) is 18.9. The fraction of sp³-hybridized carbons (Fsp3) is 0.600. The van der Waals surface area contributed by atoms with Crippen LogP contribution in [0, 0.1) is 0 Å². The number of nitrogens with zero attached hydrogens (tertiary/aromatic N) is 2. The molecule has 0 aromatic heterocycles. The Morgan fingerprint density at radius 2 is 2.06 bits per heavy atom. The standard InChI is InChI=1S/C10H13N3O3S/c14-8-5-7(9(15)16)17-10(11-8)13-12-6-3-1-2-4-6/h7H,1-5H2,(H,15,16)(H,11,13,14)/t7-/m0/s1. The Hall–Kier alpha value is -1.37. The number of aliphatic carboxylic acids is 1. The van der Waals surface area contributed by atoms with E-state index in [0.717, 1.165) is 43.2 Å². The van der Waals surface area contributed by atoms with Crippen molar-refractivity contribution in [2.75, 3.05) is 0 Å². The van der Waals surface area contributed by atoms with E-state index in [0.29, 0.717) is 0 Å². The molecule has 1 atom stereocenters. The molecule has 2 rings (SSSR count). The molecular formula is C10H13N3O3S. The lowest BCUT2D eigenvalue weighted by atomic mass is 10.3. The summed E-state index contributed by atoms with van der Waals surface area (Å²) in [6.07, 6.45) is 4.12. The second kappa shape index (κ2) is 5.31. The molecule has 2 fully saturated rings. The van der Waals surface area contributed by atoms with Gasteiger partial charge in [0.1, 0.15) is 5.25 Å². The van der Waals surface area contributed by atoms with E-state index in [2.05, 4.69) is 15.5 Å². The van der Waals surface area contributed by atoms with E-state index in [1.54, 1.807) is 0 Å². The number of carboxylic acids is 1. The highest BCUT2D eigenvalue weighted by Gasteiger charge is 2.29. The predicted molar refractivity (Wildman–Crippen MR) is 65.1 cm³/mol. The van der Waals surface area contributed by atoms with Gasteiger partial charge < -0.3 is 10.4 Å². The molecule has 1 saturated heterocycles. The van der Waals surface area contributed by atoms with Gasteiger partial charge in [0.15, 0.2) is 5.17 Å². The van der Waals surface area contributed by atoms with Crippen LogP contribution in [0.5, 0.6) is 0 Å². The van der Waals surface area contributed by atoms with Gasteiger partial charge in [-0.2, -0.15) is 5.10 Å². The fourth-order valence-electron chi connectivity index (χ4n) is 1.73. The monoisotopic (exact) mass is 255 g/mol.